The standard InChI is InChI=1S/C16H21N5O6.C14H19N5O5/c1-8(23)18-15-19-12-10(13(20-15)25-2)17-7-21(12)14-16(4-3-5-26-16)11(24)9(6-22)27-14;1-22-11-8-10(17-13(15)18-11)19(6-16-8)12-14(3-2-4-23-14)9(21)7(5-20)24-12/h7,9,11,14,22,24H,3-6H2,1-2H3,(H,18,19,20,23);6-7,9,12,20-21H,2-5H2,1H3,(H2,15,17,18)/t9?,11-,14-,16+;7?,9-,12-,14+/m11/s1. The van der Waals surface area contributed by atoms with Gasteiger partial charge in [0.15, 0.2) is 34.8 Å². The number of imidazole rings is 2. The van der Waals surface area contributed by atoms with Crippen molar-refractivity contribution in [3.63, 3.8) is 0 Å². The maximum Gasteiger partial charge on any atom is 0.246 e. The average Bonchev–Trinajstić information content (AvgIpc) is 3.98. The number of nitrogens with one attached hydrogen (secondary N) is 1. The molecule has 8 heterocycles. The molecule has 276 valence electrons. The van der Waals surface area contributed by atoms with Gasteiger partial charge in [-0.15, -0.1) is 0 Å². The Hall–Kier alpha value is -4.35. The predicted molar refractivity (Wildman–Crippen MR) is 172 cm³/mol. The lowest BCUT2D eigenvalue weighted by molar-refractivity contribution is -0.119. The third kappa shape index (κ3) is 5.69. The molecule has 21 heteroatoms. The Morgan fingerprint density at radius 3 is 1.78 bits per heavy atom. The molecule has 4 aliphatic heterocycles. The lowest BCUT2D eigenvalue weighted by Crippen LogP contribution is -2.46. The van der Waals surface area contributed by atoms with E-state index in [1.165, 1.54) is 33.8 Å². The fraction of sp³-hybridized carbons (Fsp3) is 0.633. The number of aromatic nitrogens is 8. The minimum Gasteiger partial charge on any atom is -0.479 e. The van der Waals surface area contributed by atoms with E-state index in [4.69, 9.17) is 34.2 Å². The molecular weight excluding hydrogens is 676 g/mol. The van der Waals surface area contributed by atoms with Crippen molar-refractivity contribution >= 4 is 40.1 Å². The Kier molecular flexibility index (Phi) is 9.39. The summed E-state index contributed by atoms with van der Waals surface area (Å²) < 4.78 is 37.3. The summed E-state index contributed by atoms with van der Waals surface area (Å²) in [6.45, 7) is 1.70. The van der Waals surface area contributed by atoms with Crippen LogP contribution in [0.15, 0.2) is 12.7 Å². The molecule has 4 aromatic rings. The van der Waals surface area contributed by atoms with Gasteiger partial charge >= 0.3 is 0 Å². The summed E-state index contributed by atoms with van der Waals surface area (Å²) in [5.74, 6) is 0.231. The van der Waals surface area contributed by atoms with Gasteiger partial charge in [-0.05, 0) is 25.7 Å². The van der Waals surface area contributed by atoms with Gasteiger partial charge in [-0.1, -0.05) is 0 Å². The number of aliphatic hydroxyl groups is 4. The van der Waals surface area contributed by atoms with Crippen LogP contribution in [0.25, 0.3) is 22.3 Å². The quantitative estimate of drug-likeness (QED) is 0.131. The average molecular weight is 717 g/mol. The lowest BCUT2D eigenvalue weighted by Gasteiger charge is -2.31. The molecule has 0 bridgehead atoms. The number of fused-ring (bicyclic) bond motifs is 2. The lowest BCUT2D eigenvalue weighted by atomic mass is 9.91. The maximum absolute atomic E-state index is 11.4. The van der Waals surface area contributed by atoms with Gasteiger partial charge in [0.2, 0.25) is 29.6 Å². The third-order valence-corrected chi connectivity index (χ3v) is 9.65. The summed E-state index contributed by atoms with van der Waals surface area (Å²) in [5, 5.41) is 42.9. The SMILES string of the molecule is COc1nc(N)nc2c1ncn2[C@@H]1OC(CO)[C@@H](O)[C@@]12CCCO2.COc1nc(NC(C)=O)nc2c1ncn2[C@@H]1OC(CO)[C@@H](O)[C@@]12CCCO2. The Morgan fingerprint density at radius 1 is 0.863 bits per heavy atom. The van der Waals surface area contributed by atoms with Gasteiger partial charge in [0.05, 0.1) is 40.1 Å². The highest BCUT2D eigenvalue weighted by Crippen LogP contribution is 2.49. The van der Waals surface area contributed by atoms with Gasteiger partial charge in [-0.3, -0.25) is 19.2 Å². The highest BCUT2D eigenvalue weighted by molar-refractivity contribution is 5.88. The van der Waals surface area contributed by atoms with Gasteiger partial charge < -0.3 is 54.6 Å². The molecule has 4 fully saturated rings. The second kappa shape index (κ2) is 13.7. The smallest absolute Gasteiger partial charge is 0.246 e. The van der Waals surface area contributed by atoms with Gasteiger partial charge in [-0.25, -0.2) is 9.97 Å². The Balaban J connectivity index is 0.000000160. The van der Waals surface area contributed by atoms with E-state index in [0.717, 1.165) is 12.8 Å². The molecule has 7 N–H and O–H groups in total. The maximum atomic E-state index is 11.4. The van der Waals surface area contributed by atoms with Crippen molar-refractivity contribution in [1.82, 2.24) is 39.0 Å². The zero-order chi connectivity index (χ0) is 36.1. The molecule has 51 heavy (non-hydrogen) atoms. The van der Waals surface area contributed by atoms with Crippen LogP contribution in [-0.2, 0) is 23.7 Å². The highest BCUT2D eigenvalue weighted by Gasteiger charge is 2.61. The molecule has 0 aromatic carbocycles. The van der Waals surface area contributed by atoms with Crippen molar-refractivity contribution in [3.8, 4) is 11.8 Å². The number of methoxy groups -OCH3 is 2. The Labute approximate surface area is 289 Å². The summed E-state index contributed by atoms with van der Waals surface area (Å²) in [7, 11) is 2.91. The zero-order valence-corrected chi connectivity index (χ0v) is 28.1. The van der Waals surface area contributed by atoms with Crippen molar-refractivity contribution in [2.75, 3.05) is 51.7 Å². The van der Waals surface area contributed by atoms with E-state index in [2.05, 4.69) is 35.2 Å². The van der Waals surface area contributed by atoms with Crippen LogP contribution in [0.5, 0.6) is 11.8 Å². The minimum atomic E-state index is -1.01. The second-order valence-electron chi connectivity index (χ2n) is 12.6. The number of hydrogen-bond donors (Lipinski definition) is 6. The van der Waals surface area contributed by atoms with Crippen LogP contribution in [-0.4, -0.2) is 142 Å². The summed E-state index contributed by atoms with van der Waals surface area (Å²) in [6.07, 6.45) is 0.845. The number of hydrogen-bond acceptors (Lipinski definition) is 18. The van der Waals surface area contributed by atoms with Crippen molar-refractivity contribution in [1.29, 1.82) is 0 Å². The van der Waals surface area contributed by atoms with Crippen molar-refractivity contribution < 1.29 is 53.6 Å². The third-order valence-electron chi connectivity index (χ3n) is 9.65. The molecule has 2 spiro atoms. The first kappa shape index (κ1) is 35.1. The Morgan fingerprint density at radius 2 is 1.35 bits per heavy atom. The largest absolute Gasteiger partial charge is 0.479 e. The van der Waals surface area contributed by atoms with Gasteiger partial charge in [0.1, 0.15) is 35.6 Å². The monoisotopic (exact) mass is 716 g/mol. The van der Waals surface area contributed by atoms with Gasteiger partial charge in [-0.2, -0.15) is 19.9 Å². The van der Waals surface area contributed by atoms with Gasteiger partial charge in [0, 0.05) is 20.1 Å². The summed E-state index contributed by atoms with van der Waals surface area (Å²) in [5.41, 5.74) is 5.39. The van der Waals surface area contributed by atoms with Crippen LogP contribution in [0.1, 0.15) is 45.1 Å². The molecular formula is C30H40N10O11. The molecule has 0 aliphatic carbocycles. The van der Waals surface area contributed by atoms with Crippen LogP contribution in [0, 0.1) is 0 Å². The van der Waals surface area contributed by atoms with Gasteiger partial charge in [0.25, 0.3) is 0 Å². The number of ether oxygens (including phenoxy) is 6. The number of nitrogen functional groups attached to an aromatic ring is 1. The van der Waals surface area contributed by atoms with E-state index >= 15 is 0 Å². The molecule has 2 unspecified atom stereocenters. The van der Waals surface area contributed by atoms with Crippen molar-refractivity contribution in [2.24, 2.45) is 0 Å². The number of carbonyl (C=O) groups is 1. The second-order valence-corrected chi connectivity index (χ2v) is 12.6. The molecule has 4 aliphatic rings. The fourth-order valence-electron chi connectivity index (χ4n) is 7.38. The summed E-state index contributed by atoms with van der Waals surface area (Å²) >= 11 is 0. The number of nitrogens with zero attached hydrogens (tertiary/aromatic N) is 8. The molecule has 21 nitrogen and oxygen atoms in total. The first-order chi connectivity index (χ1) is 24.6. The van der Waals surface area contributed by atoms with E-state index in [9.17, 15) is 25.2 Å². The van der Waals surface area contributed by atoms with Crippen LogP contribution in [0.2, 0.25) is 0 Å². The zero-order valence-electron chi connectivity index (χ0n) is 28.1. The normalized spacial score (nSPS) is 31.5. The number of amides is 1. The van der Waals surface area contributed by atoms with Crippen LogP contribution >= 0.6 is 0 Å². The number of carbonyl (C=O) groups excluding carboxylic acids is 1. The van der Waals surface area contributed by atoms with Crippen LogP contribution < -0.4 is 20.5 Å². The van der Waals surface area contributed by atoms with E-state index in [1.807, 2.05) is 0 Å². The van der Waals surface area contributed by atoms with E-state index in [1.54, 1.807) is 9.13 Å². The van der Waals surface area contributed by atoms with Crippen LogP contribution in [0.3, 0.4) is 0 Å². The first-order valence-electron chi connectivity index (χ1n) is 16.4. The summed E-state index contributed by atoms with van der Waals surface area (Å²) in [4.78, 5) is 36.7. The fourth-order valence-corrected chi connectivity index (χ4v) is 7.38. The topological polar surface area (TPSA) is 279 Å². The molecule has 4 aromatic heterocycles. The molecule has 8 rings (SSSR count). The Bertz CT molecular complexity index is 1890. The van der Waals surface area contributed by atoms with E-state index < -0.39 is 48.1 Å². The molecule has 0 saturated carbocycles. The molecule has 0 radical (unpaired) electrons. The van der Waals surface area contributed by atoms with Crippen LogP contribution in [0.4, 0.5) is 11.9 Å². The molecule has 4 saturated heterocycles. The van der Waals surface area contributed by atoms with Crippen molar-refractivity contribution in [3.05, 3.63) is 12.7 Å². The highest BCUT2D eigenvalue weighted by atomic mass is 16.6. The summed E-state index contributed by atoms with van der Waals surface area (Å²) in [6, 6.07) is 0. The molecule has 1 amide bonds. The predicted octanol–water partition coefficient (Wildman–Crippen LogP) is -1.19. The number of rotatable bonds is 7. The van der Waals surface area contributed by atoms with E-state index in [0.29, 0.717) is 48.4 Å². The van der Waals surface area contributed by atoms with E-state index in [-0.39, 0.29) is 42.8 Å². The number of aliphatic hydroxyl groups excluding tert-OH is 4. The van der Waals surface area contributed by atoms with Crippen molar-refractivity contribution in [2.45, 2.75) is 80.7 Å². The minimum absolute atomic E-state index is 0.0414. The number of nitrogens with two attached hydrogens (primary N) is 1. The first-order valence-corrected chi connectivity index (χ1v) is 16.4. The number of anilines is 2. The molecule has 8 atom stereocenters.